The van der Waals surface area contributed by atoms with Crippen LogP contribution in [0.3, 0.4) is 0 Å². The lowest BCUT2D eigenvalue weighted by Gasteiger charge is -2.37. The van der Waals surface area contributed by atoms with Gasteiger partial charge in [0.15, 0.2) is 6.29 Å². The summed E-state index contributed by atoms with van der Waals surface area (Å²) in [4.78, 5) is 0.442. The minimum Gasteiger partial charge on any atom is -0.399 e. The zero-order valence-electron chi connectivity index (χ0n) is 23.2. The van der Waals surface area contributed by atoms with Crippen molar-refractivity contribution in [2.75, 3.05) is 6.61 Å². The van der Waals surface area contributed by atoms with Gasteiger partial charge in [-0.15, -0.1) is 0 Å². The molecule has 0 radical (unpaired) electrons. The first kappa shape index (κ1) is 28.8. The Balaban J connectivity index is 2.00. The highest BCUT2D eigenvalue weighted by Gasteiger charge is 2.52. The van der Waals surface area contributed by atoms with Gasteiger partial charge >= 0.3 is 7.12 Å². The molecule has 0 spiro atoms. The van der Waals surface area contributed by atoms with E-state index >= 15 is 0 Å². The van der Waals surface area contributed by atoms with Crippen molar-refractivity contribution in [3.05, 3.63) is 23.8 Å². The number of hydrogen-bond acceptors (Lipinski definition) is 6. The summed E-state index contributed by atoms with van der Waals surface area (Å²) in [6.07, 6.45) is 2.33. The van der Waals surface area contributed by atoms with Crippen LogP contribution in [0.25, 0.3) is 0 Å². The van der Waals surface area contributed by atoms with Gasteiger partial charge in [-0.1, -0.05) is 39.9 Å². The first-order valence-electron chi connectivity index (χ1n) is 12.7. The molecule has 2 N–H and O–H groups in total. The van der Waals surface area contributed by atoms with Crippen molar-refractivity contribution in [1.29, 1.82) is 4.78 Å². The predicted octanol–water partition coefficient (Wildman–Crippen LogP) is 5.51. The third-order valence-electron chi connectivity index (χ3n) is 8.10. The topological polar surface area (TPSA) is 89.9 Å². The fourth-order valence-electron chi connectivity index (χ4n) is 3.96. The Hall–Kier alpha value is -0.748. The Kier molecular flexibility index (Phi) is 8.11. The van der Waals surface area contributed by atoms with Crippen LogP contribution in [-0.2, 0) is 28.7 Å². The number of nitrogens with one attached hydrogen (secondary N) is 2. The van der Waals surface area contributed by atoms with Gasteiger partial charge in [0.05, 0.1) is 22.2 Å². The fourth-order valence-corrected chi connectivity index (χ4v) is 9.08. The molecule has 198 valence electrons. The maximum Gasteiger partial charge on any atom is 0.495 e. The van der Waals surface area contributed by atoms with E-state index in [9.17, 15) is 4.21 Å². The summed E-state index contributed by atoms with van der Waals surface area (Å²) in [5.41, 5.74) is 0.666. The van der Waals surface area contributed by atoms with Crippen molar-refractivity contribution >= 4 is 30.7 Å². The van der Waals surface area contributed by atoms with Crippen LogP contribution in [0.5, 0.6) is 0 Å². The van der Waals surface area contributed by atoms with Gasteiger partial charge in [-0.05, 0) is 82.1 Å². The van der Waals surface area contributed by atoms with Gasteiger partial charge in [0, 0.05) is 6.61 Å². The maximum absolute atomic E-state index is 13.7. The zero-order valence-corrected chi connectivity index (χ0v) is 25.1. The highest BCUT2D eigenvalue weighted by Crippen LogP contribution is 2.38. The minimum absolute atomic E-state index is 0.0586. The summed E-state index contributed by atoms with van der Waals surface area (Å²) < 4.78 is 50.6. The van der Waals surface area contributed by atoms with E-state index < -0.39 is 36.5 Å². The van der Waals surface area contributed by atoms with Crippen molar-refractivity contribution in [3.8, 4) is 0 Å². The van der Waals surface area contributed by atoms with Crippen LogP contribution in [0.15, 0.2) is 23.1 Å². The number of benzene rings is 1. The lowest BCUT2D eigenvalue weighted by Crippen LogP contribution is -2.54. The van der Waals surface area contributed by atoms with Crippen molar-refractivity contribution in [3.63, 3.8) is 0 Å². The van der Waals surface area contributed by atoms with Gasteiger partial charge in [-0.3, -0.25) is 0 Å². The molecule has 0 bridgehead atoms. The molecule has 2 aliphatic heterocycles. The second-order valence-corrected chi connectivity index (χ2v) is 19.6. The summed E-state index contributed by atoms with van der Waals surface area (Å²) in [5.74, 6) is 0. The van der Waals surface area contributed by atoms with E-state index in [1.807, 2.05) is 46.8 Å². The Morgan fingerprint density at radius 3 is 2.29 bits per heavy atom. The van der Waals surface area contributed by atoms with Crippen LogP contribution >= 0.6 is 0 Å². The summed E-state index contributed by atoms with van der Waals surface area (Å²) in [5, 5.41) is -0.0586. The number of rotatable bonds is 7. The molecule has 0 aliphatic carbocycles. The summed E-state index contributed by atoms with van der Waals surface area (Å²) in [6, 6.07) is 5.49. The Morgan fingerprint density at radius 1 is 1.17 bits per heavy atom. The van der Waals surface area contributed by atoms with Crippen molar-refractivity contribution in [2.45, 2.75) is 121 Å². The first-order valence-corrected chi connectivity index (χ1v) is 17.3. The average molecular weight is 525 g/mol. The van der Waals surface area contributed by atoms with Gasteiger partial charge in [0.1, 0.15) is 18.2 Å². The van der Waals surface area contributed by atoms with Crippen molar-refractivity contribution < 1.29 is 23.0 Å². The molecular weight excluding hydrogens is 479 g/mol. The Morgan fingerprint density at radius 2 is 1.77 bits per heavy atom. The molecule has 35 heavy (non-hydrogen) atoms. The molecule has 0 aromatic heterocycles. The molecule has 2 fully saturated rings. The average Bonchev–Trinajstić information content (AvgIpc) is 2.93. The lowest BCUT2D eigenvalue weighted by molar-refractivity contribution is -0.186. The van der Waals surface area contributed by atoms with E-state index in [-0.39, 0.29) is 17.4 Å². The molecule has 0 saturated carbocycles. The van der Waals surface area contributed by atoms with Crippen LogP contribution in [0, 0.1) is 4.78 Å². The minimum atomic E-state index is -3.23. The van der Waals surface area contributed by atoms with Crippen molar-refractivity contribution in [1.82, 2.24) is 4.39 Å². The molecule has 2 saturated heterocycles. The molecule has 3 rings (SSSR count). The fraction of sp³-hybridized carbons (Fsp3) is 0.760. The quantitative estimate of drug-likeness (QED) is 0.460. The zero-order chi connectivity index (χ0) is 26.4. The van der Waals surface area contributed by atoms with Gasteiger partial charge < -0.3 is 18.8 Å². The van der Waals surface area contributed by atoms with Crippen LogP contribution in [-0.4, -0.2) is 43.7 Å². The number of ether oxygens (including phenoxy) is 2. The van der Waals surface area contributed by atoms with Gasteiger partial charge in [-0.2, -0.15) is 0 Å². The predicted molar refractivity (Wildman–Crippen MR) is 145 cm³/mol. The molecule has 3 unspecified atom stereocenters. The molecule has 1 aromatic rings. The van der Waals surface area contributed by atoms with E-state index in [0.717, 1.165) is 30.3 Å². The molecule has 1 aromatic carbocycles. The van der Waals surface area contributed by atoms with Crippen molar-refractivity contribution in [2.24, 2.45) is 0 Å². The second kappa shape index (κ2) is 9.85. The summed E-state index contributed by atoms with van der Waals surface area (Å²) in [7, 11) is -6.01. The molecular formula is C25H45BN2O5SSi. The van der Waals surface area contributed by atoms with Crippen LogP contribution in [0.2, 0.25) is 18.1 Å². The van der Waals surface area contributed by atoms with E-state index in [4.69, 9.17) is 23.6 Å². The first-order chi connectivity index (χ1) is 15.9. The molecule has 3 atom stereocenters. The Bertz CT molecular complexity index is 1000. The smallest absolute Gasteiger partial charge is 0.399 e. The molecule has 2 aliphatic rings. The molecule has 0 amide bonds. The Labute approximate surface area is 214 Å². The van der Waals surface area contributed by atoms with Gasteiger partial charge in [0.2, 0.25) is 0 Å². The SMILES string of the molecule is CC(OC1CCCCO1)c1cc(S(=N)(=O)N[Si](C)(C)C(C)(C)C)ccc1B1OC(C)(C)C(C)(C)O1. The van der Waals surface area contributed by atoms with Crippen LogP contribution in [0.4, 0.5) is 0 Å². The summed E-state index contributed by atoms with van der Waals surface area (Å²) in [6.45, 7) is 21.4. The standard InChI is InChI=1S/C25H45BN2O5SSi/c1-18(31-22-13-11-12-16-30-22)20-17-19(34(27,29)28-35(9,10)23(2,3)4)14-15-21(20)26-32-24(5,6)25(7,8)33-26/h14-15,17-18,22H,11-13,16H2,1-10H3,(H2,27,28,29). The monoisotopic (exact) mass is 524 g/mol. The van der Waals surface area contributed by atoms with Crippen LogP contribution < -0.4 is 9.85 Å². The lowest BCUT2D eigenvalue weighted by atomic mass is 9.75. The second-order valence-electron chi connectivity index (χ2n) is 12.5. The van der Waals surface area contributed by atoms with Crippen LogP contribution in [0.1, 0.15) is 86.3 Å². The maximum atomic E-state index is 13.7. The molecule has 7 nitrogen and oxygen atoms in total. The molecule has 2 heterocycles. The number of hydrogen-bond donors (Lipinski definition) is 2. The van der Waals surface area contributed by atoms with Gasteiger partial charge in [-0.25, -0.2) is 13.4 Å². The van der Waals surface area contributed by atoms with Gasteiger partial charge in [0.25, 0.3) is 0 Å². The summed E-state index contributed by atoms with van der Waals surface area (Å²) >= 11 is 0. The third kappa shape index (κ3) is 6.22. The van der Waals surface area contributed by atoms with E-state index in [1.54, 1.807) is 6.07 Å². The van der Waals surface area contributed by atoms with E-state index in [2.05, 4.69) is 38.3 Å². The molecule has 10 heteroatoms. The van der Waals surface area contributed by atoms with E-state index in [0.29, 0.717) is 11.5 Å². The highest BCUT2D eigenvalue weighted by molar-refractivity contribution is 7.92. The normalized spacial score (nSPS) is 25.3. The highest BCUT2D eigenvalue weighted by atomic mass is 32.2. The van der Waals surface area contributed by atoms with E-state index in [1.165, 1.54) is 0 Å². The largest absolute Gasteiger partial charge is 0.495 e. The third-order valence-corrected chi connectivity index (χ3v) is 16.0.